The fraction of sp³-hybridized carbons (Fsp3) is 0.200. The second kappa shape index (κ2) is 6.28. The molecule has 0 saturated heterocycles. The van der Waals surface area contributed by atoms with Crippen molar-refractivity contribution in [1.29, 1.82) is 0 Å². The molecule has 3 heteroatoms. The molecule has 2 aromatic carbocycles. The molecule has 0 aliphatic rings. The van der Waals surface area contributed by atoms with Gasteiger partial charge in [0, 0.05) is 15.7 Å². The van der Waals surface area contributed by atoms with Gasteiger partial charge in [-0.3, -0.25) is 0 Å². The van der Waals surface area contributed by atoms with Crippen molar-refractivity contribution in [1.82, 2.24) is 0 Å². The summed E-state index contributed by atoms with van der Waals surface area (Å²) in [7, 11) is 0. The Morgan fingerprint density at radius 2 is 1.89 bits per heavy atom. The van der Waals surface area contributed by atoms with Gasteiger partial charge in [0.25, 0.3) is 0 Å². The minimum absolute atomic E-state index is 0.416. The number of aliphatic hydroxyl groups excluding tert-OH is 1. The van der Waals surface area contributed by atoms with Crippen LogP contribution in [0.25, 0.3) is 0 Å². The smallest absolute Gasteiger partial charge is 0.0762 e. The van der Waals surface area contributed by atoms with E-state index in [1.807, 2.05) is 42.5 Å². The minimum Gasteiger partial charge on any atom is -0.389 e. The Labute approximate surface area is 117 Å². The van der Waals surface area contributed by atoms with Crippen molar-refractivity contribution in [3.63, 3.8) is 0 Å². The van der Waals surface area contributed by atoms with Gasteiger partial charge in [0.1, 0.15) is 0 Å². The Hall–Kier alpha value is -0.960. The minimum atomic E-state index is -0.416. The molecule has 2 aromatic rings. The van der Waals surface area contributed by atoms with Gasteiger partial charge in [-0.25, -0.2) is 0 Å². The van der Waals surface area contributed by atoms with Crippen LogP contribution < -0.4 is 0 Å². The third-order valence-electron chi connectivity index (χ3n) is 2.66. The Bertz CT molecular complexity index is 508. The van der Waals surface area contributed by atoms with Crippen LogP contribution in [-0.2, 0) is 5.75 Å². The van der Waals surface area contributed by atoms with E-state index in [0.29, 0.717) is 0 Å². The van der Waals surface area contributed by atoms with Crippen molar-refractivity contribution in [2.75, 3.05) is 0 Å². The Morgan fingerprint density at radius 3 is 2.56 bits per heavy atom. The molecule has 0 spiro atoms. The van der Waals surface area contributed by atoms with Gasteiger partial charge in [0.2, 0.25) is 0 Å². The topological polar surface area (TPSA) is 20.2 Å². The fourth-order valence-electron chi connectivity index (χ4n) is 1.61. The number of hydrogen-bond donors (Lipinski definition) is 1. The highest BCUT2D eigenvalue weighted by atomic mass is 35.5. The molecule has 1 N–H and O–H groups in total. The zero-order valence-corrected chi connectivity index (χ0v) is 11.7. The number of benzene rings is 2. The van der Waals surface area contributed by atoms with Gasteiger partial charge in [-0.15, -0.1) is 11.8 Å². The first-order valence-electron chi connectivity index (χ1n) is 5.80. The zero-order chi connectivity index (χ0) is 13.0. The van der Waals surface area contributed by atoms with Crippen LogP contribution in [0.4, 0.5) is 0 Å². The Morgan fingerprint density at radius 1 is 1.17 bits per heavy atom. The standard InChI is InChI=1S/C15H15ClOS/c1-11(17)13-3-2-4-15(9-13)18-10-12-5-7-14(16)8-6-12/h2-9,11,17H,10H2,1H3. The van der Waals surface area contributed by atoms with Gasteiger partial charge in [0.05, 0.1) is 6.10 Å². The highest BCUT2D eigenvalue weighted by molar-refractivity contribution is 7.98. The first kappa shape index (κ1) is 13.5. The molecule has 94 valence electrons. The normalized spacial score (nSPS) is 12.4. The largest absolute Gasteiger partial charge is 0.389 e. The van der Waals surface area contributed by atoms with Crippen molar-refractivity contribution >= 4 is 23.4 Å². The lowest BCUT2D eigenvalue weighted by atomic mass is 10.1. The fourth-order valence-corrected chi connectivity index (χ4v) is 2.66. The monoisotopic (exact) mass is 278 g/mol. The molecule has 0 amide bonds. The number of rotatable bonds is 4. The zero-order valence-electron chi connectivity index (χ0n) is 10.1. The maximum absolute atomic E-state index is 9.54. The molecular weight excluding hydrogens is 264 g/mol. The molecule has 0 heterocycles. The third-order valence-corrected chi connectivity index (χ3v) is 3.98. The predicted octanol–water partition coefficient (Wildman–Crippen LogP) is 4.69. The molecule has 0 aliphatic carbocycles. The summed E-state index contributed by atoms with van der Waals surface area (Å²) in [6.07, 6.45) is -0.416. The highest BCUT2D eigenvalue weighted by Crippen LogP contribution is 2.26. The first-order chi connectivity index (χ1) is 8.65. The van der Waals surface area contributed by atoms with E-state index in [1.165, 1.54) is 10.5 Å². The van der Waals surface area contributed by atoms with Crippen LogP contribution in [0.5, 0.6) is 0 Å². The molecule has 1 nitrogen and oxygen atoms in total. The summed E-state index contributed by atoms with van der Waals surface area (Å²) in [6.45, 7) is 1.78. The Balaban J connectivity index is 2.01. The second-order valence-corrected chi connectivity index (χ2v) is 5.65. The number of halogens is 1. The maximum Gasteiger partial charge on any atom is 0.0762 e. The quantitative estimate of drug-likeness (QED) is 0.819. The number of thioether (sulfide) groups is 1. The van der Waals surface area contributed by atoms with Crippen LogP contribution in [0.15, 0.2) is 53.4 Å². The van der Waals surface area contributed by atoms with E-state index in [1.54, 1.807) is 18.7 Å². The summed E-state index contributed by atoms with van der Waals surface area (Å²) in [5.41, 5.74) is 2.20. The molecular formula is C15H15ClOS. The van der Waals surface area contributed by atoms with Crippen LogP contribution in [0.2, 0.25) is 5.02 Å². The SMILES string of the molecule is CC(O)c1cccc(SCc2ccc(Cl)cc2)c1. The van der Waals surface area contributed by atoms with E-state index in [0.717, 1.165) is 16.3 Å². The van der Waals surface area contributed by atoms with Crippen molar-refractivity contribution < 1.29 is 5.11 Å². The van der Waals surface area contributed by atoms with Crippen LogP contribution in [0.3, 0.4) is 0 Å². The maximum atomic E-state index is 9.54. The van der Waals surface area contributed by atoms with E-state index in [2.05, 4.69) is 6.07 Å². The van der Waals surface area contributed by atoms with Gasteiger partial charge in [-0.2, -0.15) is 0 Å². The summed E-state index contributed by atoms with van der Waals surface area (Å²) >= 11 is 7.61. The van der Waals surface area contributed by atoms with Gasteiger partial charge >= 0.3 is 0 Å². The lowest BCUT2D eigenvalue weighted by Gasteiger charge is -2.07. The molecule has 1 unspecified atom stereocenters. The van der Waals surface area contributed by atoms with E-state index >= 15 is 0 Å². The number of aliphatic hydroxyl groups is 1. The summed E-state index contributed by atoms with van der Waals surface area (Å²) in [4.78, 5) is 1.17. The lowest BCUT2D eigenvalue weighted by Crippen LogP contribution is -1.90. The van der Waals surface area contributed by atoms with Gasteiger partial charge in [0.15, 0.2) is 0 Å². The average molecular weight is 279 g/mol. The third kappa shape index (κ3) is 3.77. The number of hydrogen-bond acceptors (Lipinski definition) is 2. The first-order valence-corrected chi connectivity index (χ1v) is 7.17. The molecule has 2 rings (SSSR count). The second-order valence-electron chi connectivity index (χ2n) is 4.16. The van der Waals surface area contributed by atoms with E-state index in [9.17, 15) is 5.11 Å². The van der Waals surface area contributed by atoms with Crippen molar-refractivity contribution in [2.24, 2.45) is 0 Å². The molecule has 0 fully saturated rings. The lowest BCUT2D eigenvalue weighted by molar-refractivity contribution is 0.199. The van der Waals surface area contributed by atoms with E-state index < -0.39 is 6.10 Å². The summed E-state index contributed by atoms with van der Waals surface area (Å²) < 4.78 is 0. The van der Waals surface area contributed by atoms with Gasteiger partial charge in [-0.1, -0.05) is 35.9 Å². The van der Waals surface area contributed by atoms with Crippen molar-refractivity contribution in [3.05, 3.63) is 64.7 Å². The van der Waals surface area contributed by atoms with E-state index in [-0.39, 0.29) is 0 Å². The molecule has 18 heavy (non-hydrogen) atoms. The van der Waals surface area contributed by atoms with Crippen LogP contribution >= 0.6 is 23.4 Å². The van der Waals surface area contributed by atoms with Crippen molar-refractivity contribution in [2.45, 2.75) is 23.7 Å². The average Bonchev–Trinajstić information content (AvgIpc) is 2.38. The molecule has 0 aromatic heterocycles. The summed E-state index contributed by atoms with van der Waals surface area (Å²) in [6, 6.07) is 15.9. The van der Waals surface area contributed by atoms with Crippen molar-refractivity contribution in [3.8, 4) is 0 Å². The summed E-state index contributed by atoms with van der Waals surface area (Å²) in [5, 5.41) is 10.3. The molecule has 0 radical (unpaired) electrons. The van der Waals surface area contributed by atoms with Crippen LogP contribution in [0, 0.1) is 0 Å². The van der Waals surface area contributed by atoms with Gasteiger partial charge < -0.3 is 5.11 Å². The van der Waals surface area contributed by atoms with Crippen LogP contribution in [0.1, 0.15) is 24.2 Å². The molecule has 0 saturated carbocycles. The molecule has 0 bridgehead atoms. The molecule has 1 atom stereocenters. The summed E-state index contributed by atoms with van der Waals surface area (Å²) in [5.74, 6) is 0.903. The van der Waals surface area contributed by atoms with Gasteiger partial charge in [-0.05, 0) is 42.3 Å². The predicted molar refractivity (Wildman–Crippen MR) is 78.1 cm³/mol. The Kier molecular flexibility index (Phi) is 4.70. The van der Waals surface area contributed by atoms with Crippen LogP contribution in [-0.4, -0.2) is 5.11 Å². The van der Waals surface area contributed by atoms with E-state index in [4.69, 9.17) is 11.6 Å². The molecule has 0 aliphatic heterocycles. The highest BCUT2D eigenvalue weighted by Gasteiger charge is 2.02.